The highest BCUT2D eigenvalue weighted by atomic mass is 32.3. The van der Waals surface area contributed by atoms with E-state index in [0.29, 0.717) is 0 Å². The maximum Gasteiger partial charge on any atom is 0.397 e. The van der Waals surface area contributed by atoms with E-state index in [2.05, 4.69) is 71.9 Å². The zero-order valence-electron chi connectivity index (χ0n) is 16.8. The molecule has 1 atom stereocenters. The molecule has 0 saturated carbocycles. The summed E-state index contributed by atoms with van der Waals surface area (Å²) in [5.74, 6) is 0.133. The second-order valence-electron chi connectivity index (χ2n) is 6.27. The summed E-state index contributed by atoms with van der Waals surface area (Å²) in [4.78, 5) is 0. The van der Waals surface area contributed by atoms with E-state index in [1.54, 1.807) is 0 Å². The molecule has 0 bridgehead atoms. The fraction of sp³-hybridized carbons (Fsp3) is 0.545. The van der Waals surface area contributed by atoms with Crippen LogP contribution in [0.2, 0.25) is 0 Å². The summed E-state index contributed by atoms with van der Waals surface area (Å²) in [5.41, 5.74) is 0. The molecule has 0 aromatic rings. The normalized spacial score (nSPS) is 14.6. The molecule has 0 aromatic heterocycles. The number of hydrogen-bond acceptors (Lipinski definition) is 3. The molecule has 0 spiro atoms. The molecule has 1 N–H and O–H groups in total. The average molecular weight is 397 g/mol. The minimum absolute atomic E-state index is 0.0417. The van der Waals surface area contributed by atoms with Crippen molar-refractivity contribution in [3.8, 4) is 0 Å². The van der Waals surface area contributed by atoms with E-state index >= 15 is 0 Å². The summed E-state index contributed by atoms with van der Waals surface area (Å²) >= 11 is 0. The van der Waals surface area contributed by atoms with E-state index in [1.807, 2.05) is 6.92 Å². The fourth-order valence-corrected chi connectivity index (χ4v) is 2.65. The molecule has 0 aliphatic heterocycles. The topological polar surface area (TPSA) is 63.6 Å². The average Bonchev–Trinajstić information content (AvgIpc) is 2.63. The highest BCUT2D eigenvalue weighted by Gasteiger charge is 2.11. The molecule has 4 nitrogen and oxygen atoms in total. The highest BCUT2D eigenvalue weighted by molar-refractivity contribution is 7.80. The van der Waals surface area contributed by atoms with E-state index in [4.69, 9.17) is 4.55 Å². The van der Waals surface area contributed by atoms with Crippen LogP contribution in [0.25, 0.3) is 0 Å². The molecule has 5 heteroatoms. The van der Waals surface area contributed by atoms with Crippen molar-refractivity contribution < 1.29 is 17.2 Å². The number of rotatable bonds is 16. The predicted octanol–water partition coefficient (Wildman–Crippen LogP) is 6.36. The van der Waals surface area contributed by atoms with Gasteiger partial charge in [0.25, 0.3) is 0 Å². The van der Waals surface area contributed by atoms with Gasteiger partial charge in [-0.1, -0.05) is 81.0 Å². The molecule has 0 rings (SSSR count). The first-order chi connectivity index (χ1) is 13.0. The van der Waals surface area contributed by atoms with Crippen LogP contribution >= 0.6 is 0 Å². The molecule has 0 heterocycles. The van der Waals surface area contributed by atoms with Crippen LogP contribution in [0, 0.1) is 5.92 Å². The smallest absolute Gasteiger partial charge is 0.264 e. The summed E-state index contributed by atoms with van der Waals surface area (Å²) in [7, 11) is -4.33. The van der Waals surface area contributed by atoms with Gasteiger partial charge in [-0.25, -0.2) is 4.18 Å². The van der Waals surface area contributed by atoms with Crippen molar-refractivity contribution in [1.29, 1.82) is 0 Å². The zero-order chi connectivity index (χ0) is 20.2. The molecule has 1 unspecified atom stereocenters. The van der Waals surface area contributed by atoms with Gasteiger partial charge in [0, 0.05) is 0 Å². The zero-order valence-corrected chi connectivity index (χ0v) is 17.6. The molecule has 0 aromatic carbocycles. The van der Waals surface area contributed by atoms with Gasteiger partial charge in [0.05, 0.1) is 6.61 Å². The highest BCUT2D eigenvalue weighted by Crippen LogP contribution is 2.13. The SMILES string of the molecule is CC/C=C\C/C=C\C/C=C\C/C=C\C/C=C\CCC(CC)COS(=O)(=O)O. The molecule has 27 heavy (non-hydrogen) atoms. The largest absolute Gasteiger partial charge is 0.397 e. The lowest BCUT2D eigenvalue weighted by atomic mass is 10.0. The second kappa shape index (κ2) is 18.0. The van der Waals surface area contributed by atoms with Crippen molar-refractivity contribution >= 4 is 10.4 Å². The minimum Gasteiger partial charge on any atom is -0.264 e. The Kier molecular flexibility index (Phi) is 17.0. The minimum atomic E-state index is -4.33. The van der Waals surface area contributed by atoms with Crippen LogP contribution in [-0.2, 0) is 14.6 Å². The van der Waals surface area contributed by atoms with E-state index < -0.39 is 10.4 Å². The van der Waals surface area contributed by atoms with E-state index in [1.165, 1.54) is 0 Å². The third-order valence-electron chi connectivity index (χ3n) is 3.93. The van der Waals surface area contributed by atoms with E-state index in [9.17, 15) is 8.42 Å². The molecule has 0 aliphatic carbocycles. The van der Waals surface area contributed by atoms with Gasteiger partial charge in [0.1, 0.15) is 0 Å². The first-order valence-electron chi connectivity index (χ1n) is 9.86. The fourth-order valence-electron chi connectivity index (χ4n) is 2.29. The standard InChI is InChI=1S/C22H36O4S/c1-3-5-6-7-8-9-10-11-12-13-14-15-16-17-18-19-20-22(4-2)21-26-27(23,24)25/h5-6,8-9,11-12,14-15,17-18,22H,3-4,7,10,13,16,19-21H2,1-2H3,(H,23,24,25)/b6-5-,9-8-,12-11-,15-14-,18-17-. The van der Waals surface area contributed by atoms with Gasteiger partial charge in [0.2, 0.25) is 0 Å². The summed E-state index contributed by atoms with van der Waals surface area (Å²) in [6.07, 6.45) is 29.1. The van der Waals surface area contributed by atoms with Crippen molar-refractivity contribution in [3.05, 3.63) is 60.8 Å². The van der Waals surface area contributed by atoms with Crippen molar-refractivity contribution in [3.63, 3.8) is 0 Å². The van der Waals surface area contributed by atoms with Crippen molar-refractivity contribution in [2.24, 2.45) is 5.92 Å². The molecule has 0 radical (unpaired) electrons. The van der Waals surface area contributed by atoms with Crippen LogP contribution in [0.5, 0.6) is 0 Å². The monoisotopic (exact) mass is 396 g/mol. The van der Waals surface area contributed by atoms with Crippen LogP contribution in [0.1, 0.15) is 65.2 Å². The molecular weight excluding hydrogens is 360 g/mol. The first kappa shape index (κ1) is 25.6. The summed E-state index contributed by atoms with van der Waals surface area (Å²) in [6.45, 7) is 4.16. The van der Waals surface area contributed by atoms with Crippen molar-refractivity contribution in [2.45, 2.75) is 65.2 Å². The first-order valence-corrected chi connectivity index (χ1v) is 11.2. The molecule has 0 saturated heterocycles. The third kappa shape index (κ3) is 20.7. The maximum absolute atomic E-state index is 10.6. The Hall–Kier alpha value is -1.43. The van der Waals surface area contributed by atoms with Gasteiger partial charge >= 0.3 is 10.4 Å². The Morgan fingerprint density at radius 3 is 1.63 bits per heavy atom. The maximum atomic E-state index is 10.6. The number of hydrogen-bond donors (Lipinski definition) is 1. The molecule has 0 amide bonds. The van der Waals surface area contributed by atoms with Crippen molar-refractivity contribution in [2.75, 3.05) is 6.61 Å². The quantitative estimate of drug-likeness (QED) is 0.243. The van der Waals surface area contributed by atoms with Gasteiger partial charge in [0.15, 0.2) is 0 Å². The lowest BCUT2D eigenvalue weighted by molar-refractivity contribution is 0.213. The number of allylic oxidation sites excluding steroid dienone is 10. The summed E-state index contributed by atoms with van der Waals surface area (Å²) < 4.78 is 34.2. The van der Waals surface area contributed by atoms with Gasteiger partial charge in [-0.15, -0.1) is 0 Å². The lowest BCUT2D eigenvalue weighted by Gasteiger charge is -2.11. The Morgan fingerprint density at radius 1 is 0.778 bits per heavy atom. The Bertz CT molecular complexity index is 583. The van der Waals surface area contributed by atoms with Gasteiger partial charge in [-0.05, 0) is 50.9 Å². The third-order valence-corrected chi connectivity index (χ3v) is 4.36. The van der Waals surface area contributed by atoms with Gasteiger partial charge < -0.3 is 0 Å². The van der Waals surface area contributed by atoms with Crippen LogP contribution in [0.15, 0.2) is 60.8 Å². The Labute approximate surface area is 166 Å². The van der Waals surface area contributed by atoms with Crippen LogP contribution in [0.4, 0.5) is 0 Å². The van der Waals surface area contributed by atoms with Crippen LogP contribution < -0.4 is 0 Å². The summed E-state index contributed by atoms with van der Waals surface area (Å²) in [5, 5.41) is 0. The van der Waals surface area contributed by atoms with E-state index in [-0.39, 0.29) is 12.5 Å². The predicted molar refractivity (Wildman–Crippen MR) is 115 cm³/mol. The molecule has 0 aliphatic rings. The van der Waals surface area contributed by atoms with E-state index in [0.717, 1.165) is 51.4 Å². The Balaban J connectivity index is 3.72. The van der Waals surface area contributed by atoms with Crippen LogP contribution in [-0.4, -0.2) is 19.6 Å². The van der Waals surface area contributed by atoms with Gasteiger partial charge in [-0.3, -0.25) is 4.55 Å². The summed E-state index contributed by atoms with van der Waals surface area (Å²) in [6, 6.07) is 0. The molecule has 154 valence electrons. The molecule has 0 fully saturated rings. The van der Waals surface area contributed by atoms with Gasteiger partial charge in [-0.2, -0.15) is 8.42 Å². The molecular formula is C22H36O4S. The Morgan fingerprint density at radius 2 is 1.22 bits per heavy atom. The second-order valence-corrected chi connectivity index (χ2v) is 7.36. The van der Waals surface area contributed by atoms with Crippen molar-refractivity contribution in [1.82, 2.24) is 0 Å². The lowest BCUT2D eigenvalue weighted by Crippen LogP contribution is -2.13. The van der Waals surface area contributed by atoms with Crippen LogP contribution in [0.3, 0.4) is 0 Å².